The summed E-state index contributed by atoms with van der Waals surface area (Å²) in [4.78, 5) is 6.48. The summed E-state index contributed by atoms with van der Waals surface area (Å²) in [6.45, 7) is 3.89. The molecule has 3 aromatic rings. The zero-order chi connectivity index (χ0) is 15.5. The van der Waals surface area contributed by atoms with E-state index >= 15 is 0 Å². The summed E-state index contributed by atoms with van der Waals surface area (Å²) in [6.07, 6.45) is 3.59. The Kier molecular flexibility index (Phi) is 3.79. The van der Waals surface area contributed by atoms with Gasteiger partial charge in [0, 0.05) is 30.9 Å². The Morgan fingerprint density at radius 1 is 1.09 bits per heavy atom. The zero-order valence-electron chi connectivity index (χ0n) is 12.8. The van der Waals surface area contributed by atoms with Crippen LogP contribution in [0.15, 0.2) is 65.7 Å². The lowest BCUT2D eigenvalue weighted by Crippen LogP contribution is -2.08. The molecule has 0 fully saturated rings. The van der Waals surface area contributed by atoms with Gasteiger partial charge in [-0.2, -0.15) is 0 Å². The monoisotopic (exact) mass is 290 g/mol. The van der Waals surface area contributed by atoms with Crippen LogP contribution < -0.4 is 4.90 Å². The van der Waals surface area contributed by atoms with Crippen LogP contribution in [0.1, 0.15) is 5.56 Å². The molecule has 22 heavy (non-hydrogen) atoms. The van der Waals surface area contributed by atoms with Gasteiger partial charge in [0.15, 0.2) is 5.76 Å². The lowest BCUT2D eigenvalue weighted by molar-refractivity contribution is 0.588. The molecule has 0 N–H and O–H groups in total. The van der Waals surface area contributed by atoms with Crippen LogP contribution in [0.25, 0.3) is 28.9 Å². The van der Waals surface area contributed by atoms with Gasteiger partial charge in [-0.15, -0.1) is 0 Å². The Morgan fingerprint density at radius 3 is 2.55 bits per heavy atom. The molecular weight excluding hydrogens is 272 g/mol. The second-order valence-corrected chi connectivity index (χ2v) is 5.27. The average molecular weight is 290 g/mol. The van der Waals surface area contributed by atoms with Crippen molar-refractivity contribution in [1.29, 1.82) is 0 Å². The normalized spacial score (nSPS) is 10.5. The molecule has 1 heterocycles. The number of oxazole rings is 1. The van der Waals surface area contributed by atoms with E-state index in [4.69, 9.17) is 4.42 Å². The van der Waals surface area contributed by atoms with Crippen LogP contribution in [-0.2, 0) is 0 Å². The van der Waals surface area contributed by atoms with E-state index in [1.54, 1.807) is 6.20 Å². The fourth-order valence-corrected chi connectivity index (χ4v) is 2.33. The first kappa shape index (κ1) is 14.1. The SMILES string of the molecule is C=Cc1cc(N(C)C)ccc1-c1ncc(-c2ccccc2)o1. The second kappa shape index (κ2) is 5.90. The van der Waals surface area contributed by atoms with Gasteiger partial charge < -0.3 is 9.32 Å². The van der Waals surface area contributed by atoms with E-state index in [0.717, 1.165) is 28.1 Å². The minimum Gasteiger partial charge on any atom is -0.436 e. The largest absolute Gasteiger partial charge is 0.436 e. The van der Waals surface area contributed by atoms with Crippen LogP contribution in [0.3, 0.4) is 0 Å². The second-order valence-electron chi connectivity index (χ2n) is 5.27. The van der Waals surface area contributed by atoms with Crippen molar-refractivity contribution >= 4 is 11.8 Å². The Balaban J connectivity index is 2.02. The minimum atomic E-state index is 0.610. The Labute approximate surface area is 130 Å². The van der Waals surface area contributed by atoms with E-state index in [-0.39, 0.29) is 0 Å². The fourth-order valence-electron chi connectivity index (χ4n) is 2.33. The summed E-state index contributed by atoms with van der Waals surface area (Å²) in [5.41, 5.74) is 4.09. The minimum absolute atomic E-state index is 0.610. The van der Waals surface area contributed by atoms with E-state index in [9.17, 15) is 0 Å². The van der Waals surface area contributed by atoms with Gasteiger partial charge in [-0.25, -0.2) is 4.98 Å². The summed E-state index contributed by atoms with van der Waals surface area (Å²) in [7, 11) is 4.03. The fraction of sp³-hybridized carbons (Fsp3) is 0.105. The van der Waals surface area contributed by atoms with Crippen LogP contribution in [0.5, 0.6) is 0 Å². The number of hydrogen-bond donors (Lipinski definition) is 0. The molecule has 3 rings (SSSR count). The van der Waals surface area contributed by atoms with Gasteiger partial charge in [0.2, 0.25) is 5.89 Å². The van der Waals surface area contributed by atoms with Crippen LogP contribution in [0, 0.1) is 0 Å². The molecule has 0 aliphatic heterocycles. The predicted octanol–water partition coefficient (Wildman–Crippen LogP) is 4.72. The van der Waals surface area contributed by atoms with Crippen molar-refractivity contribution in [1.82, 2.24) is 4.98 Å². The van der Waals surface area contributed by atoms with Crippen molar-refractivity contribution in [3.05, 3.63) is 66.9 Å². The van der Waals surface area contributed by atoms with E-state index in [0.29, 0.717) is 5.89 Å². The van der Waals surface area contributed by atoms with Crippen molar-refractivity contribution in [2.45, 2.75) is 0 Å². The van der Waals surface area contributed by atoms with E-state index < -0.39 is 0 Å². The number of rotatable bonds is 4. The Hall–Kier alpha value is -2.81. The maximum absolute atomic E-state index is 5.93. The quantitative estimate of drug-likeness (QED) is 0.696. The van der Waals surface area contributed by atoms with Crippen molar-refractivity contribution in [3.63, 3.8) is 0 Å². The molecule has 0 aliphatic carbocycles. The summed E-state index contributed by atoms with van der Waals surface area (Å²) < 4.78 is 5.93. The Bertz CT molecular complexity index is 788. The van der Waals surface area contributed by atoms with E-state index in [1.807, 2.05) is 56.6 Å². The first-order valence-electron chi connectivity index (χ1n) is 7.14. The standard InChI is InChI=1S/C19H18N2O/c1-4-14-12-16(21(2)3)10-11-17(14)19-20-13-18(22-19)15-8-6-5-7-9-15/h4-13H,1H2,2-3H3. The van der Waals surface area contributed by atoms with E-state index in [1.165, 1.54) is 0 Å². The molecule has 0 saturated heterocycles. The molecule has 3 heteroatoms. The molecule has 0 radical (unpaired) electrons. The molecule has 1 aromatic heterocycles. The summed E-state index contributed by atoms with van der Waals surface area (Å²) in [5.74, 6) is 1.38. The van der Waals surface area contributed by atoms with Crippen LogP contribution >= 0.6 is 0 Å². The molecular formula is C19H18N2O. The average Bonchev–Trinajstić information content (AvgIpc) is 3.04. The molecule has 2 aromatic carbocycles. The highest BCUT2D eigenvalue weighted by atomic mass is 16.4. The lowest BCUT2D eigenvalue weighted by Gasteiger charge is -2.14. The van der Waals surface area contributed by atoms with Crippen molar-refractivity contribution in [2.75, 3.05) is 19.0 Å². The molecule has 0 atom stereocenters. The maximum atomic E-state index is 5.93. The van der Waals surface area contributed by atoms with Gasteiger partial charge >= 0.3 is 0 Å². The highest BCUT2D eigenvalue weighted by Gasteiger charge is 2.12. The predicted molar refractivity (Wildman–Crippen MR) is 91.8 cm³/mol. The van der Waals surface area contributed by atoms with Gasteiger partial charge in [0.1, 0.15) is 0 Å². The van der Waals surface area contributed by atoms with Crippen LogP contribution in [0.4, 0.5) is 5.69 Å². The van der Waals surface area contributed by atoms with Gasteiger partial charge in [-0.1, -0.05) is 43.0 Å². The molecule has 0 aliphatic rings. The number of nitrogens with zero attached hydrogens (tertiary/aromatic N) is 2. The number of aromatic nitrogens is 1. The van der Waals surface area contributed by atoms with Crippen LogP contribution in [0.2, 0.25) is 0 Å². The number of benzene rings is 2. The van der Waals surface area contributed by atoms with Gasteiger partial charge in [-0.05, 0) is 23.8 Å². The first-order chi connectivity index (χ1) is 10.7. The molecule has 0 bridgehead atoms. The first-order valence-corrected chi connectivity index (χ1v) is 7.14. The molecule has 0 unspecified atom stereocenters. The Morgan fingerprint density at radius 2 is 1.86 bits per heavy atom. The van der Waals surface area contributed by atoms with Gasteiger partial charge in [0.05, 0.1) is 6.20 Å². The van der Waals surface area contributed by atoms with Gasteiger partial charge in [-0.3, -0.25) is 0 Å². The summed E-state index contributed by atoms with van der Waals surface area (Å²) >= 11 is 0. The third kappa shape index (κ3) is 2.66. The highest BCUT2D eigenvalue weighted by Crippen LogP contribution is 2.30. The lowest BCUT2D eigenvalue weighted by atomic mass is 10.1. The molecule has 0 saturated carbocycles. The van der Waals surface area contributed by atoms with Crippen molar-refractivity contribution < 1.29 is 4.42 Å². The number of hydrogen-bond acceptors (Lipinski definition) is 3. The molecule has 3 nitrogen and oxygen atoms in total. The smallest absolute Gasteiger partial charge is 0.227 e. The summed E-state index contributed by atoms with van der Waals surface area (Å²) in [6, 6.07) is 16.1. The third-order valence-corrected chi connectivity index (χ3v) is 3.57. The maximum Gasteiger partial charge on any atom is 0.227 e. The molecule has 0 amide bonds. The molecule has 0 spiro atoms. The van der Waals surface area contributed by atoms with E-state index in [2.05, 4.69) is 28.6 Å². The summed E-state index contributed by atoms with van der Waals surface area (Å²) in [5, 5.41) is 0. The third-order valence-electron chi connectivity index (χ3n) is 3.57. The number of anilines is 1. The highest BCUT2D eigenvalue weighted by molar-refractivity contribution is 5.74. The molecule has 110 valence electrons. The van der Waals surface area contributed by atoms with Crippen LogP contribution in [-0.4, -0.2) is 19.1 Å². The zero-order valence-corrected chi connectivity index (χ0v) is 12.8. The van der Waals surface area contributed by atoms with Crippen molar-refractivity contribution in [2.24, 2.45) is 0 Å². The van der Waals surface area contributed by atoms with Crippen molar-refractivity contribution in [3.8, 4) is 22.8 Å². The van der Waals surface area contributed by atoms with Gasteiger partial charge in [0.25, 0.3) is 0 Å². The topological polar surface area (TPSA) is 29.3 Å².